The van der Waals surface area contributed by atoms with Crippen molar-refractivity contribution in [3.8, 4) is 11.3 Å². The van der Waals surface area contributed by atoms with Gasteiger partial charge in [-0.1, -0.05) is 30.3 Å². The second kappa shape index (κ2) is 7.88. The summed E-state index contributed by atoms with van der Waals surface area (Å²) in [6, 6.07) is 12.0. The predicted molar refractivity (Wildman–Crippen MR) is 115 cm³/mol. The lowest BCUT2D eigenvalue weighted by Gasteiger charge is -2.12. The van der Waals surface area contributed by atoms with Crippen LogP contribution in [0.1, 0.15) is 11.1 Å². The van der Waals surface area contributed by atoms with Crippen molar-refractivity contribution < 1.29 is 17.2 Å². The third-order valence-corrected chi connectivity index (χ3v) is 5.78. The Bertz CT molecular complexity index is 1370. The number of aryl methyl sites for hydroxylation is 1. The highest BCUT2D eigenvalue weighted by Crippen LogP contribution is 2.29. The number of fused-ring (bicyclic) bond motifs is 1. The Morgan fingerprint density at radius 3 is 2.39 bits per heavy atom. The number of anilines is 2. The average Bonchev–Trinajstić information content (AvgIpc) is 2.71. The molecule has 2 heterocycles. The fraction of sp³-hybridized carbons (Fsp3) is 0.0952. The highest BCUT2D eigenvalue weighted by atomic mass is 32.2. The zero-order valence-corrected chi connectivity index (χ0v) is 17.1. The topological polar surface area (TPSA) is 111 Å². The number of sulfonamides is 1. The maximum Gasteiger partial charge on any atom is 0.237 e. The summed E-state index contributed by atoms with van der Waals surface area (Å²) in [6.07, 6.45) is 1.42. The molecule has 0 saturated carbocycles. The van der Waals surface area contributed by atoms with E-state index in [9.17, 15) is 17.2 Å². The molecule has 0 aliphatic rings. The minimum absolute atomic E-state index is 0.0920. The zero-order chi connectivity index (χ0) is 22.2. The summed E-state index contributed by atoms with van der Waals surface area (Å²) >= 11 is 0. The van der Waals surface area contributed by atoms with Crippen LogP contribution in [0.5, 0.6) is 0 Å². The van der Waals surface area contributed by atoms with E-state index < -0.39 is 33.1 Å². The van der Waals surface area contributed by atoms with Crippen molar-refractivity contribution in [1.82, 2.24) is 15.0 Å². The predicted octanol–water partition coefficient (Wildman–Crippen LogP) is 3.80. The van der Waals surface area contributed by atoms with Gasteiger partial charge in [-0.2, -0.15) is 0 Å². The maximum atomic E-state index is 14.7. The summed E-state index contributed by atoms with van der Waals surface area (Å²) in [5, 5.41) is 0. The van der Waals surface area contributed by atoms with Gasteiger partial charge >= 0.3 is 0 Å². The van der Waals surface area contributed by atoms with Crippen molar-refractivity contribution in [2.75, 3.05) is 10.5 Å². The Kier molecular flexibility index (Phi) is 5.24. The molecule has 0 saturated heterocycles. The first-order valence-corrected chi connectivity index (χ1v) is 10.8. The highest BCUT2D eigenvalue weighted by Gasteiger charge is 2.20. The van der Waals surface area contributed by atoms with Crippen molar-refractivity contribution in [3.63, 3.8) is 0 Å². The van der Waals surface area contributed by atoms with Crippen molar-refractivity contribution in [2.45, 2.75) is 12.7 Å². The standard InChI is InChI=1S/C21H17F2N5O2S/c1-12-7-17(26-18-10-25-21(24)27-19(12)18)14-8-15(22)20(16(23)9-14)28-31(29,30)11-13-5-3-2-4-6-13/h2-10,28H,11H2,1H3,(H2,24,25,27). The monoisotopic (exact) mass is 441 g/mol. The van der Waals surface area contributed by atoms with Gasteiger partial charge in [0.2, 0.25) is 16.0 Å². The molecule has 0 spiro atoms. The molecular weight excluding hydrogens is 424 g/mol. The van der Waals surface area contributed by atoms with Crippen molar-refractivity contribution in [1.29, 1.82) is 0 Å². The average molecular weight is 441 g/mol. The van der Waals surface area contributed by atoms with Crippen LogP contribution in [0.3, 0.4) is 0 Å². The van der Waals surface area contributed by atoms with Gasteiger partial charge in [0, 0.05) is 5.56 Å². The van der Waals surface area contributed by atoms with Crippen LogP contribution in [0.25, 0.3) is 22.3 Å². The summed E-state index contributed by atoms with van der Waals surface area (Å²) in [4.78, 5) is 12.3. The number of halogens is 2. The van der Waals surface area contributed by atoms with Gasteiger partial charge < -0.3 is 5.73 Å². The normalized spacial score (nSPS) is 11.6. The van der Waals surface area contributed by atoms with Crippen LogP contribution in [0.15, 0.2) is 54.7 Å². The SMILES string of the molecule is Cc1cc(-c2cc(F)c(NS(=O)(=O)Cc3ccccc3)c(F)c2)nc2cnc(N)nc12. The molecule has 4 aromatic rings. The lowest BCUT2D eigenvalue weighted by atomic mass is 10.1. The van der Waals surface area contributed by atoms with Gasteiger partial charge in [0.1, 0.15) is 11.2 Å². The first-order chi connectivity index (χ1) is 14.7. The number of aromatic nitrogens is 3. The molecule has 3 N–H and O–H groups in total. The Hall–Kier alpha value is -3.66. The van der Waals surface area contributed by atoms with Gasteiger partial charge in [0.25, 0.3) is 0 Å². The van der Waals surface area contributed by atoms with E-state index in [-0.39, 0.29) is 17.2 Å². The summed E-state index contributed by atoms with van der Waals surface area (Å²) in [5.74, 6) is -2.43. The number of hydrogen-bond acceptors (Lipinski definition) is 6. The number of nitrogens with one attached hydrogen (secondary N) is 1. The molecule has 0 amide bonds. The number of nitrogen functional groups attached to an aromatic ring is 1. The van der Waals surface area contributed by atoms with E-state index >= 15 is 0 Å². The first kappa shape index (κ1) is 20.6. The molecule has 0 bridgehead atoms. The van der Waals surface area contributed by atoms with Gasteiger partial charge in [0.15, 0.2) is 11.6 Å². The second-order valence-corrected chi connectivity index (χ2v) is 8.67. The van der Waals surface area contributed by atoms with E-state index in [0.717, 1.165) is 12.1 Å². The van der Waals surface area contributed by atoms with Crippen molar-refractivity contribution >= 4 is 32.7 Å². The van der Waals surface area contributed by atoms with Crippen LogP contribution in [0.4, 0.5) is 20.4 Å². The van der Waals surface area contributed by atoms with Gasteiger partial charge in [-0.15, -0.1) is 0 Å². The molecule has 0 unspecified atom stereocenters. The fourth-order valence-corrected chi connectivity index (χ4v) is 4.36. The smallest absolute Gasteiger partial charge is 0.237 e. The van der Waals surface area contributed by atoms with E-state index in [1.807, 2.05) is 4.72 Å². The molecule has 4 rings (SSSR count). The minimum Gasteiger partial charge on any atom is -0.368 e. The summed E-state index contributed by atoms with van der Waals surface area (Å²) in [7, 11) is -4.02. The van der Waals surface area contributed by atoms with E-state index in [2.05, 4.69) is 15.0 Å². The number of hydrogen-bond donors (Lipinski definition) is 2. The number of nitrogens with two attached hydrogens (primary N) is 1. The lowest BCUT2D eigenvalue weighted by molar-refractivity contribution is 0.583. The Morgan fingerprint density at radius 2 is 1.71 bits per heavy atom. The Labute approximate surface area is 177 Å². The number of pyridine rings is 1. The third-order valence-electron chi connectivity index (χ3n) is 4.55. The molecule has 10 heteroatoms. The number of rotatable bonds is 5. The largest absolute Gasteiger partial charge is 0.368 e. The minimum atomic E-state index is -4.02. The maximum absolute atomic E-state index is 14.7. The van der Waals surface area contributed by atoms with Gasteiger partial charge in [-0.3, -0.25) is 4.72 Å². The summed E-state index contributed by atoms with van der Waals surface area (Å²) < 4.78 is 56.1. The van der Waals surface area contributed by atoms with E-state index in [0.29, 0.717) is 22.2 Å². The van der Waals surface area contributed by atoms with Gasteiger partial charge in [0.05, 0.1) is 23.2 Å². The van der Waals surface area contributed by atoms with E-state index in [1.54, 1.807) is 43.3 Å². The van der Waals surface area contributed by atoms with Crippen molar-refractivity contribution in [2.24, 2.45) is 0 Å². The first-order valence-electron chi connectivity index (χ1n) is 9.15. The molecular formula is C21H17F2N5O2S. The fourth-order valence-electron chi connectivity index (χ4n) is 3.15. The molecule has 7 nitrogen and oxygen atoms in total. The van der Waals surface area contributed by atoms with Crippen LogP contribution < -0.4 is 10.5 Å². The van der Waals surface area contributed by atoms with E-state index in [1.165, 1.54) is 6.20 Å². The van der Waals surface area contributed by atoms with Crippen LogP contribution in [-0.4, -0.2) is 23.4 Å². The summed E-state index contributed by atoms with van der Waals surface area (Å²) in [5.41, 5.74) is 7.41. The van der Waals surface area contributed by atoms with Crippen LogP contribution in [0, 0.1) is 18.6 Å². The molecule has 158 valence electrons. The highest BCUT2D eigenvalue weighted by molar-refractivity contribution is 7.91. The molecule has 0 fully saturated rings. The molecule has 2 aromatic carbocycles. The van der Waals surface area contributed by atoms with E-state index in [4.69, 9.17) is 5.73 Å². The molecule has 2 aromatic heterocycles. The molecule has 0 atom stereocenters. The molecule has 0 aliphatic heterocycles. The quantitative estimate of drug-likeness (QED) is 0.487. The van der Waals surface area contributed by atoms with Crippen LogP contribution >= 0.6 is 0 Å². The lowest BCUT2D eigenvalue weighted by Crippen LogP contribution is -2.17. The molecule has 0 radical (unpaired) electrons. The van der Waals surface area contributed by atoms with Gasteiger partial charge in [-0.25, -0.2) is 32.2 Å². The molecule has 31 heavy (non-hydrogen) atoms. The molecule has 0 aliphatic carbocycles. The Morgan fingerprint density at radius 1 is 1.03 bits per heavy atom. The number of benzene rings is 2. The van der Waals surface area contributed by atoms with Gasteiger partial charge in [-0.05, 0) is 36.2 Å². The van der Waals surface area contributed by atoms with Crippen LogP contribution in [-0.2, 0) is 15.8 Å². The van der Waals surface area contributed by atoms with Crippen LogP contribution in [0.2, 0.25) is 0 Å². The zero-order valence-electron chi connectivity index (χ0n) is 16.3. The third kappa shape index (κ3) is 4.43. The van der Waals surface area contributed by atoms with Crippen molar-refractivity contribution in [3.05, 3.63) is 77.5 Å². The number of nitrogens with zero attached hydrogens (tertiary/aromatic N) is 3. The second-order valence-electron chi connectivity index (χ2n) is 6.95. The summed E-state index contributed by atoms with van der Waals surface area (Å²) in [6.45, 7) is 1.76. The Balaban J connectivity index is 1.68.